The predicted molar refractivity (Wildman–Crippen MR) is 81.7 cm³/mol. The van der Waals surface area contributed by atoms with E-state index in [1.807, 2.05) is 24.3 Å². The summed E-state index contributed by atoms with van der Waals surface area (Å²) in [6.45, 7) is 3.46. The fraction of sp³-hybridized carbons (Fsp3) is 0.562. The van der Waals surface area contributed by atoms with Crippen molar-refractivity contribution in [3.05, 3.63) is 24.3 Å². The summed E-state index contributed by atoms with van der Waals surface area (Å²) in [7, 11) is 1.60. The van der Waals surface area contributed by atoms with Crippen LogP contribution in [0.15, 0.2) is 24.3 Å². The van der Waals surface area contributed by atoms with Gasteiger partial charge in [0.25, 0.3) is 0 Å². The highest BCUT2D eigenvalue weighted by atomic mass is 16.5. The largest absolute Gasteiger partial charge is 0.493 e. The highest BCUT2D eigenvalue weighted by Crippen LogP contribution is 2.25. The third kappa shape index (κ3) is 4.93. The molecular formula is C16H24N2O3. The molecular weight excluding hydrogens is 268 g/mol. The first-order valence-electron chi connectivity index (χ1n) is 7.47. The minimum Gasteiger partial charge on any atom is -0.493 e. The smallest absolute Gasteiger partial charge is 0.223 e. The molecule has 0 bridgehead atoms. The summed E-state index contributed by atoms with van der Waals surface area (Å²) in [6, 6.07) is 8.19. The third-order valence-corrected chi connectivity index (χ3v) is 3.64. The van der Waals surface area contributed by atoms with E-state index in [1.165, 1.54) is 0 Å². The molecule has 116 valence electrons. The van der Waals surface area contributed by atoms with Crippen molar-refractivity contribution in [1.82, 2.24) is 10.6 Å². The summed E-state index contributed by atoms with van der Waals surface area (Å²) in [6.07, 6.45) is 2.33. The fourth-order valence-corrected chi connectivity index (χ4v) is 2.55. The molecule has 2 N–H and O–H groups in total. The van der Waals surface area contributed by atoms with Crippen molar-refractivity contribution in [2.24, 2.45) is 0 Å². The van der Waals surface area contributed by atoms with Gasteiger partial charge in [0.2, 0.25) is 5.91 Å². The lowest BCUT2D eigenvalue weighted by atomic mass is 10.0. The monoisotopic (exact) mass is 292 g/mol. The SMILES string of the molecule is COc1ccccc1OCCC(=O)NC1CCNC(C)C1. The zero-order valence-corrected chi connectivity index (χ0v) is 12.7. The van der Waals surface area contributed by atoms with E-state index < -0.39 is 0 Å². The van der Waals surface area contributed by atoms with Gasteiger partial charge in [0.05, 0.1) is 20.1 Å². The van der Waals surface area contributed by atoms with E-state index in [1.54, 1.807) is 7.11 Å². The molecule has 1 saturated heterocycles. The van der Waals surface area contributed by atoms with Gasteiger partial charge in [-0.05, 0) is 38.4 Å². The minimum atomic E-state index is 0.0454. The second kappa shape index (κ2) is 7.88. The molecule has 5 nitrogen and oxygen atoms in total. The summed E-state index contributed by atoms with van der Waals surface area (Å²) in [4.78, 5) is 11.9. The molecule has 0 spiro atoms. The molecule has 0 aliphatic carbocycles. The maximum Gasteiger partial charge on any atom is 0.223 e. The number of amides is 1. The Bertz CT molecular complexity index is 465. The number of nitrogens with one attached hydrogen (secondary N) is 2. The molecule has 1 heterocycles. The van der Waals surface area contributed by atoms with Crippen LogP contribution >= 0.6 is 0 Å². The number of para-hydroxylation sites is 2. The van der Waals surface area contributed by atoms with Gasteiger partial charge in [-0.2, -0.15) is 0 Å². The molecule has 2 atom stereocenters. The van der Waals surface area contributed by atoms with Crippen molar-refractivity contribution < 1.29 is 14.3 Å². The van der Waals surface area contributed by atoms with Gasteiger partial charge in [-0.3, -0.25) is 4.79 Å². The average molecular weight is 292 g/mol. The molecule has 1 aliphatic heterocycles. The highest BCUT2D eigenvalue weighted by Gasteiger charge is 2.19. The Kier molecular flexibility index (Phi) is 5.87. The normalized spacial score (nSPS) is 21.6. The summed E-state index contributed by atoms with van der Waals surface area (Å²) in [5.41, 5.74) is 0. The first-order chi connectivity index (χ1) is 10.2. The molecule has 1 aromatic carbocycles. The van der Waals surface area contributed by atoms with Crippen LogP contribution in [0.25, 0.3) is 0 Å². The quantitative estimate of drug-likeness (QED) is 0.838. The summed E-state index contributed by atoms with van der Waals surface area (Å²) in [5, 5.41) is 6.45. The molecule has 0 saturated carbocycles. The Balaban J connectivity index is 1.71. The van der Waals surface area contributed by atoms with Crippen LogP contribution in [0, 0.1) is 0 Å². The number of benzene rings is 1. The summed E-state index contributed by atoms with van der Waals surface area (Å²) >= 11 is 0. The van der Waals surface area contributed by atoms with Gasteiger partial charge in [-0.25, -0.2) is 0 Å². The molecule has 0 aromatic heterocycles. The topological polar surface area (TPSA) is 59.6 Å². The van der Waals surface area contributed by atoms with Crippen LogP contribution in [0.1, 0.15) is 26.2 Å². The van der Waals surface area contributed by atoms with Gasteiger partial charge >= 0.3 is 0 Å². The van der Waals surface area contributed by atoms with Crippen molar-refractivity contribution in [2.45, 2.75) is 38.3 Å². The third-order valence-electron chi connectivity index (χ3n) is 3.64. The Labute approximate surface area is 126 Å². The zero-order valence-electron chi connectivity index (χ0n) is 12.7. The van der Waals surface area contributed by atoms with Gasteiger partial charge in [-0.15, -0.1) is 0 Å². The first-order valence-corrected chi connectivity index (χ1v) is 7.47. The number of methoxy groups -OCH3 is 1. The number of piperidine rings is 1. The Hall–Kier alpha value is -1.75. The average Bonchev–Trinajstić information content (AvgIpc) is 2.47. The van der Waals surface area contributed by atoms with Crippen molar-refractivity contribution in [3.63, 3.8) is 0 Å². The van der Waals surface area contributed by atoms with Crippen LogP contribution in [0.3, 0.4) is 0 Å². The molecule has 2 unspecified atom stereocenters. The minimum absolute atomic E-state index is 0.0454. The van der Waals surface area contributed by atoms with E-state index in [2.05, 4.69) is 17.6 Å². The van der Waals surface area contributed by atoms with Gasteiger partial charge in [0, 0.05) is 12.1 Å². The number of rotatable bonds is 6. The van der Waals surface area contributed by atoms with Crippen LogP contribution < -0.4 is 20.1 Å². The van der Waals surface area contributed by atoms with E-state index in [9.17, 15) is 4.79 Å². The van der Waals surface area contributed by atoms with Crippen LogP contribution in [0.2, 0.25) is 0 Å². The maximum absolute atomic E-state index is 11.9. The van der Waals surface area contributed by atoms with Crippen LogP contribution in [0.5, 0.6) is 11.5 Å². The van der Waals surface area contributed by atoms with Crippen molar-refractivity contribution in [2.75, 3.05) is 20.3 Å². The Morgan fingerprint density at radius 2 is 2.14 bits per heavy atom. The molecule has 2 rings (SSSR count). The molecule has 0 radical (unpaired) electrons. The molecule has 5 heteroatoms. The van der Waals surface area contributed by atoms with Crippen LogP contribution in [-0.4, -0.2) is 38.3 Å². The van der Waals surface area contributed by atoms with Gasteiger partial charge in [0.1, 0.15) is 0 Å². The van der Waals surface area contributed by atoms with Crippen LogP contribution in [0.4, 0.5) is 0 Å². The van der Waals surface area contributed by atoms with Gasteiger partial charge in [-0.1, -0.05) is 12.1 Å². The number of carbonyl (C=O) groups excluding carboxylic acids is 1. The van der Waals surface area contributed by atoms with E-state index in [-0.39, 0.29) is 11.9 Å². The lowest BCUT2D eigenvalue weighted by Crippen LogP contribution is -2.46. The van der Waals surface area contributed by atoms with E-state index in [0.717, 1.165) is 19.4 Å². The molecule has 1 aliphatic rings. The summed E-state index contributed by atoms with van der Waals surface area (Å²) in [5.74, 6) is 1.40. The fourth-order valence-electron chi connectivity index (χ4n) is 2.55. The molecule has 21 heavy (non-hydrogen) atoms. The Morgan fingerprint density at radius 1 is 1.38 bits per heavy atom. The van der Waals surface area contributed by atoms with E-state index in [4.69, 9.17) is 9.47 Å². The zero-order chi connectivity index (χ0) is 15.1. The molecule has 1 fully saturated rings. The second-order valence-electron chi connectivity index (χ2n) is 5.39. The number of ether oxygens (including phenoxy) is 2. The second-order valence-corrected chi connectivity index (χ2v) is 5.39. The highest BCUT2D eigenvalue weighted by molar-refractivity contribution is 5.76. The predicted octanol–water partition coefficient (Wildman–Crippen LogP) is 1.72. The summed E-state index contributed by atoms with van der Waals surface area (Å²) < 4.78 is 10.8. The lowest BCUT2D eigenvalue weighted by molar-refractivity contribution is -0.122. The van der Waals surface area contributed by atoms with Gasteiger partial charge in [0.15, 0.2) is 11.5 Å². The van der Waals surface area contributed by atoms with E-state index >= 15 is 0 Å². The number of hydrogen-bond donors (Lipinski definition) is 2. The van der Waals surface area contributed by atoms with Gasteiger partial charge < -0.3 is 20.1 Å². The number of hydrogen-bond acceptors (Lipinski definition) is 4. The van der Waals surface area contributed by atoms with Crippen LogP contribution in [-0.2, 0) is 4.79 Å². The first kappa shape index (κ1) is 15.6. The van der Waals surface area contributed by atoms with E-state index in [0.29, 0.717) is 30.6 Å². The van der Waals surface area contributed by atoms with Crippen molar-refractivity contribution in [3.8, 4) is 11.5 Å². The van der Waals surface area contributed by atoms with Crippen molar-refractivity contribution >= 4 is 5.91 Å². The molecule has 1 amide bonds. The molecule has 1 aromatic rings. The Morgan fingerprint density at radius 3 is 2.86 bits per heavy atom. The lowest BCUT2D eigenvalue weighted by Gasteiger charge is -2.28. The van der Waals surface area contributed by atoms with Crippen molar-refractivity contribution in [1.29, 1.82) is 0 Å². The standard InChI is InChI=1S/C16H24N2O3/c1-12-11-13(7-9-17-12)18-16(19)8-10-21-15-6-4-3-5-14(15)20-2/h3-6,12-13,17H,7-11H2,1-2H3,(H,18,19). The maximum atomic E-state index is 11.9. The number of carbonyl (C=O) groups is 1.